The Kier molecular flexibility index (Phi) is 10.3. The Balaban J connectivity index is 1.68. The third kappa shape index (κ3) is 6.75. The van der Waals surface area contributed by atoms with Gasteiger partial charge in [-0.1, -0.05) is 94.1 Å². The number of benzene rings is 1. The van der Waals surface area contributed by atoms with Crippen LogP contribution in [0.4, 0.5) is 4.39 Å². The van der Waals surface area contributed by atoms with Gasteiger partial charge < -0.3 is 4.57 Å². The molecule has 0 spiro atoms. The Hall–Kier alpha value is -2.06. The summed E-state index contributed by atoms with van der Waals surface area (Å²) in [4.78, 5) is 31.6. The van der Waals surface area contributed by atoms with Crippen molar-refractivity contribution in [3.8, 4) is 0 Å². The second-order valence-electron chi connectivity index (χ2n) is 8.71. The molecule has 3 rings (SSSR count). The van der Waals surface area contributed by atoms with Gasteiger partial charge in [0.15, 0.2) is 16.3 Å². The summed E-state index contributed by atoms with van der Waals surface area (Å²) in [6.07, 6.45) is 12.2. The van der Waals surface area contributed by atoms with Gasteiger partial charge in [-0.25, -0.2) is 14.2 Å². The van der Waals surface area contributed by atoms with Crippen molar-refractivity contribution in [2.75, 3.05) is 0 Å². The molecule has 1 aromatic carbocycles. The zero-order chi connectivity index (χ0) is 24.5. The van der Waals surface area contributed by atoms with E-state index < -0.39 is 11.2 Å². The number of thioether (sulfide) groups is 1. The highest BCUT2D eigenvalue weighted by Crippen LogP contribution is 2.30. The number of imidazole rings is 1. The number of unbranched alkanes of at least 4 members (excludes halogenated alkanes) is 9. The van der Waals surface area contributed by atoms with Crippen molar-refractivity contribution in [1.29, 1.82) is 0 Å². The van der Waals surface area contributed by atoms with E-state index >= 15 is 0 Å². The van der Waals surface area contributed by atoms with Crippen LogP contribution in [0.2, 0.25) is 5.02 Å². The van der Waals surface area contributed by atoms with Crippen molar-refractivity contribution in [2.24, 2.45) is 7.05 Å². The fourth-order valence-electron chi connectivity index (χ4n) is 4.10. The van der Waals surface area contributed by atoms with Crippen LogP contribution in [0.15, 0.2) is 32.9 Å². The van der Waals surface area contributed by atoms with Crippen molar-refractivity contribution in [1.82, 2.24) is 19.1 Å². The zero-order valence-electron chi connectivity index (χ0n) is 20.0. The molecule has 0 aliphatic rings. The standard InChI is InChI=1S/C25H34ClFN4O2S/c1-3-4-5-6-7-8-9-10-11-12-16-31-21-22(30(2)24(33)29-23(21)32)28-25(31)34-17-18-19(26)14-13-15-20(18)27/h13-15H,3-12,16-17H2,1-2H3,(H,29,32,33). The predicted octanol–water partition coefficient (Wildman–Crippen LogP) is 6.43. The molecule has 3 aromatic rings. The van der Waals surface area contributed by atoms with Crippen molar-refractivity contribution < 1.29 is 4.39 Å². The van der Waals surface area contributed by atoms with Gasteiger partial charge in [0.2, 0.25) is 0 Å². The van der Waals surface area contributed by atoms with E-state index in [0.717, 1.165) is 19.3 Å². The molecule has 6 nitrogen and oxygen atoms in total. The summed E-state index contributed by atoms with van der Waals surface area (Å²) >= 11 is 7.50. The number of hydrogen-bond donors (Lipinski definition) is 1. The maximum Gasteiger partial charge on any atom is 0.329 e. The summed E-state index contributed by atoms with van der Waals surface area (Å²) in [5, 5.41) is 0.937. The van der Waals surface area contributed by atoms with E-state index in [2.05, 4.69) is 16.9 Å². The predicted molar refractivity (Wildman–Crippen MR) is 138 cm³/mol. The third-order valence-electron chi connectivity index (χ3n) is 6.11. The SMILES string of the molecule is CCCCCCCCCCCCn1c(SCc2c(F)cccc2Cl)nc2c1c(=O)[nH]c(=O)n2C. The number of hydrogen-bond acceptors (Lipinski definition) is 4. The van der Waals surface area contributed by atoms with Crippen molar-refractivity contribution in [3.63, 3.8) is 0 Å². The molecular weight excluding hydrogens is 475 g/mol. The second-order valence-corrected chi connectivity index (χ2v) is 10.1. The van der Waals surface area contributed by atoms with Crippen LogP contribution in [0.5, 0.6) is 0 Å². The minimum atomic E-state index is -0.505. The Bertz CT molecular complexity index is 1180. The number of aromatic nitrogens is 4. The molecule has 0 radical (unpaired) electrons. The molecule has 0 saturated carbocycles. The Labute approximate surface area is 208 Å². The first kappa shape index (κ1) is 26.5. The molecule has 186 valence electrons. The lowest BCUT2D eigenvalue weighted by molar-refractivity contribution is 0.527. The fraction of sp³-hybridized carbons (Fsp3) is 0.560. The lowest BCUT2D eigenvalue weighted by Gasteiger charge is -2.10. The third-order valence-corrected chi connectivity index (χ3v) is 7.47. The lowest BCUT2D eigenvalue weighted by atomic mass is 10.1. The van der Waals surface area contributed by atoms with E-state index in [4.69, 9.17) is 11.6 Å². The first-order valence-corrected chi connectivity index (χ1v) is 13.6. The monoisotopic (exact) mass is 508 g/mol. The molecule has 0 aliphatic carbocycles. The van der Waals surface area contributed by atoms with Gasteiger partial charge in [0, 0.05) is 29.9 Å². The molecule has 9 heteroatoms. The number of aryl methyl sites for hydroxylation is 2. The molecule has 0 fully saturated rings. The summed E-state index contributed by atoms with van der Waals surface area (Å²) in [5.74, 6) is -0.0961. The normalized spacial score (nSPS) is 11.5. The molecule has 0 saturated heterocycles. The number of nitrogens with zero attached hydrogens (tertiary/aromatic N) is 3. The summed E-state index contributed by atoms with van der Waals surface area (Å²) in [6.45, 7) is 2.84. The molecule has 2 aromatic heterocycles. The topological polar surface area (TPSA) is 72.7 Å². The van der Waals surface area contributed by atoms with Crippen LogP contribution in [-0.4, -0.2) is 19.1 Å². The highest BCUT2D eigenvalue weighted by molar-refractivity contribution is 7.98. The van der Waals surface area contributed by atoms with Gasteiger partial charge in [-0.05, 0) is 18.6 Å². The smallest absolute Gasteiger partial charge is 0.313 e. The molecule has 0 aliphatic heterocycles. The van der Waals surface area contributed by atoms with Crippen LogP contribution < -0.4 is 11.2 Å². The summed E-state index contributed by atoms with van der Waals surface area (Å²) < 4.78 is 17.4. The average molecular weight is 509 g/mol. The van der Waals surface area contributed by atoms with Gasteiger partial charge in [-0.2, -0.15) is 0 Å². The number of fused-ring (bicyclic) bond motifs is 1. The number of rotatable bonds is 14. The summed E-state index contributed by atoms with van der Waals surface area (Å²) in [5.41, 5.74) is 0.154. The maximum atomic E-state index is 14.3. The van der Waals surface area contributed by atoms with Gasteiger partial charge in [-0.3, -0.25) is 14.3 Å². The van der Waals surface area contributed by atoms with E-state index in [1.54, 1.807) is 19.2 Å². The minimum absolute atomic E-state index is 0.276. The van der Waals surface area contributed by atoms with Gasteiger partial charge in [0.25, 0.3) is 5.56 Å². The van der Waals surface area contributed by atoms with Crippen LogP contribution in [0.3, 0.4) is 0 Å². The van der Waals surface area contributed by atoms with Crippen LogP contribution in [0.1, 0.15) is 76.7 Å². The number of halogens is 2. The molecular formula is C25H34ClFN4O2S. The van der Waals surface area contributed by atoms with Crippen LogP contribution in [0, 0.1) is 5.82 Å². The second kappa shape index (κ2) is 13.1. The quantitative estimate of drug-likeness (QED) is 0.201. The lowest BCUT2D eigenvalue weighted by Crippen LogP contribution is -2.29. The largest absolute Gasteiger partial charge is 0.329 e. The van der Waals surface area contributed by atoms with Crippen molar-refractivity contribution >= 4 is 34.5 Å². The molecule has 34 heavy (non-hydrogen) atoms. The highest BCUT2D eigenvalue weighted by atomic mass is 35.5. The Morgan fingerprint density at radius 1 is 1.03 bits per heavy atom. The zero-order valence-corrected chi connectivity index (χ0v) is 21.6. The summed E-state index contributed by atoms with van der Waals surface area (Å²) in [6, 6.07) is 4.60. The van der Waals surface area contributed by atoms with Crippen LogP contribution in [-0.2, 0) is 19.3 Å². The van der Waals surface area contributed by atoms with Gasteiger partial charge in [-0.15, -0.1) is 0 Å². The minimum Gasteiger partial charge on any atom is -0.313 e. The van der Waals surface area contributed by atoms with Crippen LogP contribution >= 0.6 is 23.4 Å². The molecule has 0 unspecified atom stereocenters. The van der Waals surface area contributed by atoms with E-state index in [1.165, 1.54) is 67.3 Å². The maximum absolute atomic E-state index is 14.3. The van der Waals surface area contributed by atoms with E-state index in [-0.39, 0.29) is 11.6 Å². The van der Waals surface area contributed by atoms with Crippen molar-refractivity contribution in [2.45, 2.75) is 88.6 Å². The molecule has 0 bridgehead atoms. The van der Waals surface area contributed by atoms with E-state index in [9.17, 15) is 14.0 Å². The number of H-pyrrole nitrogens is 1. The Morgan fingerprint density at radius 2 is 1.68 bits per heavy atom. The van der Waals surface area contributed by atoms with Gasteiger partial charge in [0.1, 0.15) is 5.82 Å². The molecule has 2 heterocycles. The van der Waals surface area contributed by atoms with Gasteiger partial charge in [0.05, 0.1) is 0 Å². The van der Waals surface area contributed by atoms with Crippen molar-refractivity contribution in [3.05, 3.63) is 55.4 Å². The number of aromatic amines is 1. The fourth-order valence-corrected chi connectivity index (χ4v) is 5.46. The van der Waals surface area contributed by atoms with E-state index in [1.807, 2.05) is 4.57 Å². The molecule has 1 N–H and O–H groups in total. The Morgan fingerprint density at radius 3 is 2.32 bits per heavy atom. The molecule has 0 amide bonds. The van der Waals surface area contributed by atoms with Crippen LogP contribution in [0.25, 0.3) is 11.2 Å². The molecule has 0 atom stereocenters. The van der Waals surface area contributed by atoms with Gasteiger partial charge >= 0.3 is 5.69 Å². The first-order chi connectivity index (χ1) is 16.4. The average Bonchev–Trinajstić information content (AvgIpc) is 3.17. The van der Waals surface area contributed by atoms with E-state index in [0.29, 0.717) is 33.5 Å². The first-order valence-electron chi connectivity index (χ1n) is 12.2. The number of nitrogens with one attached hydrogen (secondary N) is 1. The highest BCUT2D eigenvalue weighted by Gasteiger charge is 2.18. The summed E-state index contributed by atoms with van der Waals surface area (Å²) in [7, 11) is 1.58.